The summed E-state index contributed by atoms with van der Waals surface area (Å²) in [6.07, 6.45) is -38.6. The molecule has 0 aliphatic carbocycles. The van der Waals surface area contributed by atoms with E-state index in [9.17, 15) is 79.4 Å². The lowest BCUT2D eigenvalue weighted by Gasteiger charge is -2.40. The van der Waals surface area contributed by atoms with Crippen molar-refractivity contribution in [2.45, 2.75) is 62.2 Å². The number of alkyl halides is 17. The lowest BCUT2D eigenvalue weighted by molar-refractivity contribution is -0.548. The molecule has 0 radical (unpaired) electrons. The Morgan fingerprint density at radius 2 is 1.11 bits per heavy atom. The van der Waals surface area contributed by atoms with E-state index in [0.29, 0.717) is 11.6 Å². The number of carbonyl (C=O) groups excluding carboxylic acids is 1. The Morgan fingerprint density at radius 3 is 1.47 bits per heavy atom. The summed E-state index contributed by atoms with van der Waals surface area (Å²) in [5.41, 5.74) is -0.368. The topological polar surface area (TPSA) is 47.6 Å². The van der Waals surface area contributed by atoms with E-state index in [1.807, 2.05) is 4.74 Å². The standard InChI is InChI=1S/C17H10F17NO3/c1-6-3-4-8(5-7(6)2)35-9(36)10(18,13(22,23)24)37-17(33,34)12(21,15(28,29)30)38-16(31,32)11(19,20)14(25,26)27/h3-5H,1-2H3,(H,35,36)/t10-,12-/m1/s1. The second kappa shape index (κ2) is 9.56. The third-order valence-electron chi connectivity index (χ3n) is 4.42. The van der Waals surface area contributed by atoms with Gasteiger partial charge in [0.1, 0.15) is 0 Å². The van der Waals surface area contributed by atoms with Gasteiger partial charge >= 0.3 is 48.4 Å². The first-order chi connectivity index (χ1) is 16.5. The molecule has 1 aromatic carbocycles. The van der Waals surface area contributed by atoms with Gasteiger partial charge < -0.3 is 5.32 Å². The Hall–Kier alpha value is -2.58. The maximum absolute atomic E-state index is 14.5. The normalized spacial score (nSPS) is 17.6. The number of ether oxygens (including phenoxy) is 2. The monoisotopic (exact) mass is 599 g/mol. The molecule has 4 nitrogen and oxygen atoms in total. The Morgan fingerprint density at radius 1 is 0.632 bits per heavy atom. The van der Waals surface area contributed by atoms with Crippen LogP contribution in [0.4, 0.5) is 80.3 Å². The van der Waals surface area contributed by atoms with Crippen LogP contribution >= 0.6 is 0 Å². The van der Waals surface area contributed by atoms with E-state index < -0.39 is 60.0 Å². The highest BCUT2D eigenvalue weighted by Gasteiger charge is 2.85. The zero-order chi connectivity index (χ0) is 30.6. The average Bonchev–Trinajstić information content (AvgIpc) is 2.67. The molecule has 38 heavy (non-hydrogen) atoms. The van der Waals surface area contributed by atoms with Crippen LogP contribution < -0.4 is 5.32 Å². The van der Waals surface area contributed by atoms with E-state index >= 15 is 0 Å². The van der Waals surface area contributed by atoms with Gasteiger partial charge in [0, 0.05) is 5.69 Å². The van der Waals surface area contributed by atoms with Crippen molar-refractivity contribution in [3.05, 3.63) is 29.3 Å². The zero-order valence-corrected chi connectivity index (χ0v) is 17.9. The summed E-state index contributed by atoms with van der Waals surface area (Å²) in [6.45, 7) is 2.62. The third kappa shape index (κ3) is 5.86. The van der Waals surface area contributed by atoms with Crippen molar-refractivity contribution in [2.75, 3.05) is 5.32 Å². The molecule has 0 heterocycles. The summed E-state index contributed by atoms with van der Waals surface area (Å²) >= 11 is 0. The Labute approximate surface area is 198 Å². The predicted octanol–water partition coefficient (Wildman–Crippen LogP) is 7.11. The number of halogens is 17. The number of nitrogens with one attached hydrogen (secondary N) is 1. The minimum absolute atomic E-state index is 0.131. The molecular weight excluding hydrogens is 589 g/mol. The van der Waals surface area contributed by atoms with Crippen molar-refractivity contribution in [1.82, 2.24) is 0 Å². The van der Waals surface area contributed by atoms with Gasteiger partial charge in [0.25, 0.3) is 5.91 Å². The Bertz CT molecular complexity index is 1030. The van der Waals surface area contributed by atoms with E-state index in [1.165, 1.54) is 18.6 Å². The second-order valence-electron chi connectivity index (χ2n) is 7.25. The van der Waals surface area contributed by atoms with Gasteiger partial charge in [0.2, 0.25) is 0 Å². The van der Waals surface area contributed by atoms with E-state index in [4.69, 9.17) is 0 Å². The lowest BCUT2D eigenvalue weighted by atomic mass is 10.1. The van der Waals surface area contributed by atoms with Crippen molar-refractivity contribution in [2.24, 2.45) is 0 Å². The fourth-order valence-corrected chi connectivity index (χ4v) is 2.19. The average molecular weight is 599 g/mol. The van der Waals surface area contributed by atoms with E-state index in [2.05, 4.69) is 0 Å². The van der Waals surface area contributed by atoms with Gasteiger partial charge in [-0.2, -0.15) is 74.6 Å². The molecule has 1 amide bonds. The molecule has 0 saturated heterocycles. The molecule has 0 unspecified atom stereocenters. The minimum atomic E-state index is -8.05. The van der Waals surface area contributed by atoms with Gasteiger partial charge in [-0.1, -0.05) is 6.07 Å². The zero-order valence-electron chi connectivity index (χ0n) is 17.9. The fraction of sp³-hybridized carbons (Fsp3) is 0.588. The van der Waals surface area contributed by atoms with E-state index in [1.54, 1.807) is 0 Å². The number of rotatable bonds is 8. The SMILES string of the molecule is Cc1ccc(NC(=O)[C@@](F)(OC(F)(F)[C@](F)(OC(F)(F)C(F)(F)C(F)(F)F)C(F)(F)F)C(F)(F)F)cc1C. The number of benzene rings is 1. The van der Waals surface area contributed by atoms with Gasteiger partial charge in [-0.15, -0.1) is 0 Å². The van der Waals surface area contributed by atoms with E-state index in [0.717, 1.165) is 17.4 Å². The number of amides is 1. The highest BCUT2D eigenvalue weighted by Crippen LogP contribution is 2.56. The first-order valence-electron chi connectivity index (χ1n) is 8.97. The molecular formula is C17H10F17NO3. The molecule has 1 aromatic rings. The van der Waals surface area contributed by atoms with Crippen LogP contribution in [0.2, 0.25) is 0 Å². The number of anilines is 1. The molecule has 0 spiro atoms. The van der Waals surface area contributed by atoms with Crippen LogP contribution in [0.5, 0.6) is 0 Å². The van der Waals surface area contributed by atoms with Crippen LogP contribution in [0.25, 0.3) is 0 Å². The smallest absolute Gasteiger partial charge is 0.321 e. The summed E-state index contributed by atoms with van der Waals surface area (Å²) in [5, 5.41) is 0.909. The molecule has 1 rings (SSSR count). The summed E-state index contributed by atoms with van der Waals surface area (Å²) in [5.74, 6) is -26.2. The van der Waals surface area contributed by atoms with Gasteiger partial charge in [-0.25, -0.2) is 0 Å². The van der Waals surface area contributed by atoms with Crippen LogP contribution in [0, 0.1) is 13.8 Å². The Kier molecular flexibility index (Phi) is 8.41. The molecule has 0 aliphatic rings. The van der Waals surface area contributed by atoms with Crippen LogP contribution in [0.1, 0.15) is 11.1 Å². The maximum atomic E-state index is 14.5. The lowest BCUT2D eigenvalue weighted by Crippen LogP contribution is -2.68. The summed E-state index contributed by atoms with van der Waals surface area (Å²) in [6, 6.07) is 2.47. The van der Waals surface area contributed by atoms with E-state index in [-0.39, 0.29) is 5.56 Å². The molecule has 2 atom stereocenters. The number of hydrogen-bond acceptors (Lipinski definition) is 3. The number of hydrogen-bond donors (Lipinski definition) is 1. The predicted molar refractivity (Wildman–Crippen MR) is 87.4 cm³/mol. The van der Waals surface area contributed by atoms with Crippen LogP contribution in [0.15, 0.2) is 18.2 Å². The molecule has 0 saturated carbocycles. The summed E-state index contributed by atoms with van der Waals surface area (Å²) in [4.78, 5) is 11.8. The number of aryl methyl sites for hydroxylation is 2. The highest BCUT2D eigenvalue weighted by molar-refractivity contribution is 5.97. The Balaban J connectivity index is 3.63. The summed E-state index contributed by atoms with van der Waals surface area (Å²) in [7, 11) is 0. The van der Waals surface area contributed by atoms with Gasteiger partial charge in [-0.3, -0.25) is 14.3 Å². The second-order valence-corrected chi connectivity index (χ2v) is 7.25. The fourth-order valence-electron chi connectivity index (χ4n) is 2.19. The molecule has 0 fully saturated rings. The largest absolute Gasteiger partial charge is 0.462 e. The molecule has 1 N–H and O–H groups in total. The third-order valence-corrected chi connectivity index (χ3v) is 4.42. The van der Waals surface area contributed by atoms with Gasteiger partial charge in [-0.05, 0) is 37.1 Å². The molecule has 0 aromatic heterocycles. The summed E-state index contributed by atoms with van der Waals surface area (Å²) < 4.78 is 227. The van der Waals surface area contributed by atoms with Crippen molar-refractivity contribution < 1.29 is 88.9 Å². The van der Waals surface area contributed by atoms with Crippen molar-refractivity contribution in [1.29, 1.82) is 0 Å². The van der Waals surface area contributed by atoms with Crippen LogP contribution in [-0.2, 0) is 14.3 Å². The van der Waals surface area contributed by atoms with Crippen molar-refractivity contribution in [3.63, 3.8) is 0 Å². The van der Waals surface area contributed by atoms with Crippen molar-refractivity contribution in [3.8, 4) is 0 Å². The molecule has 0 bridgehead atoms. The molecule has 220 valence electrons. The van der Waals surface area contributed by atoms with Crippen LogP contribution in [0.3, 0.4) is 0 Å². The first-order valence-corrected chi connectivity index (χ1v) is 8.97. The first kappa shape index (κ1) is 33.4. The highest BCUT2D eigenvalue weighted by atomic mass is 19.4. The molecule has 21 heteroatoms. The van der Waals surface area contributed by atoms with Crippen molar-refractivity contribution >= 4 is 11.6 Å². The van der Waals surface area contributed by atoms with Gasteiger partial charge in [0.05, 0.1) is 0 Å². The maximum Gasteiger partial charge on any atom is 0.462 e. The van der Waals surface area contributed by atoms with Gasteiger partial charge in [0.15, 0.2) is 0 Å². The number of carbonyl (C=O) groups is 1. The quantitative estimate of drug-likeness (QED) is 0.324. The van der Waals surface area contributed by atoms with Crippen LogP contribution in [-0.4, -0.2) is 54.3 Å². The molecule has 0 aliphatic heterocycles. The minimum Gasteiger partial charge on any atom is -0.321 e.